The lowest BCUT2D eigenvalue weighted by atomic mass is 10.2. The van der Waals surface area contributed by atoms with Crippen molar-refractivity contribution in [3.05, 3.63) is 29.8 Å². The summed E-state index contributed by atoms with van der Waals surface area (Å²) in [6, 6.07) is 6.45. The molecule has 0 aromatic heterocycles. The second-order valence-electron chi connectivity index (χ2n) is 7.32. The summed E-state index contributed by atoms with van der Waals surface area (Å²) in [5, 5.41) is 15.8. The molecule has 2 fully saturated rings. The number of hydrogen-bond acceptors (Lipinski definition) is 5. The van der Waals surface area contributed by atoms with E-state index in [1.807, 2.05) is 11.8 Å². The van der Waals surface area contributed by atoms with Gasteiger partial charge in [0.25, 0.3) is 11.8 Å². The fraction of sp³-hybridized carbons (Fsp3) is 0.571. The quantitative estimate of drug-likeness (QED) is 0.214. The van der Waals surface area contributed by atoms with Crippen LogP contribution in [0.25, 0.3) is 0 Å². The van der Waals surface area contributed by atoms with Gasteiger partial charge in [-0.15, -0.1) is 24.0 Å². The molecule has 3 N–H and O–H groups in total. The molecule has 2 saturated heterocycles. The molecule has 1 atom stereocenters. The molecule has 2 aliphatic rings. The normalized spacial score (nSPS) is 19.0. The number of amides is 2. The molecule has 1 aromatic rings. The van der Waals surface area contributed by atoms with Crippen molar-refractivity contribution < 1.29 is 19.4 Å². The minimum absolute atomic E-state index is 0. The Balaban J connectivity index is 0.00000341. The van der Waals surface area contributed by atoms with Crippen LogP contribution in [0.2, 0.25) is 0 Å². The van der Waals surface area contributed by atoms with Crippen LogP contribution in [0.4, 0.5) is 0 Å². The van der Waals surface area contributed by atoms with Gasteiger partial charge in [0.15, 0.2) is 5.96 Å². The van der Waals surface area contributed by atoms with Gasteiger partial charge in [-0.25, -0.2) is 0 Å². The highest BCUT2D eigenvalue weighted by Gasteiger charge is 2.30. The first-order chi connectivity index (χ1) is 14.6. The van der Waals surface area contributed by atoms with Crippen molar-refractivity contribution in [3.63, 3.8) is 0 Å². The maximum absolute atomic E-state index is 12.5. The molecule has 0 spiro atoms. The zero-order valence-electron chi connectivity index (χ0n) is 17.9. The number of aliphatic imine (C=N–C) groups is 1. The Kier molecular flexibility index (Phi) is 10.3. The highest BCUT2D eigenvalue weighted by molar-refractivity contribution is 14.0. The lowest BCUT2D eigenvalue weighted by molar-refractivity contribution is -0.142. The van der Waals surface area contributed by atoms with Gasteiger partial charge < -0.3 is 30.3 Å². The van der Waals surface area contributed by atoms with E-state index in [1.54, 1.807) is 18.2 Å². The molecule has 31 heavy (non-hydrogen) atoms. The van der Waals surface area contributed by atoms with Crippen LogP contribution in [0.3, 0.4) is 0 Å². The van der Waals surface area contributed by atoms with Crippen LogP contribution in [0.1, 0.15) is 30.1 Å². The van der Waals surface area contributed by atoms with Crippen molar-refractivity contribution in [2.24, 2.45) is 4.99 Å². The van der Waals surface area contributed by atoms with Crippen LogP contribution < -0.4 is 10.6 Å². The second-order valence-corrected chi connectivity index (χ2v) is 7.32. The fourth-order valence-corrected chi connectivity index (χ4v) is 3.63. The average molecular weight is 545 g/mol. The third-order valence-electron chi connectivity index (χ3n) is 5.24. The number of phenolic OH excluding ortho intramolecular Hbond substituents is 1. The Morgan fingerprint density at radius 2 is 1.87 bits per heavy atom. The summed E-state index contributed by atoms with van der Waals surface area (Å²) < 4.78 is 5.51. The van der Waals surface area contributed by atoms with Gasteiger partial charge in [0, 0.05) is 45.9 Å². The molecular weight excluding hydrogens is 513 g/mol. The Labute approximate surface area is 200 Å². The molecule has 0 radical (unpaired) electrons. The van der Waals surface area contributed by atoms with Gasteiger partial charge in [-0.05, 0) is 31.9 Å². The molecule has 3 rings (SSSR count). The van der Waals surface area contributed by atoms with Crippen molar-refractivity contribution in [2.75, 3.05) is 52.4 Å². The van der Waals surface area contributed by atoms with E-state index >= 15 is 0 Å². The number of carbonyl (C=O) groups is 2. The van der Waals surface area contributed by atoms with Crippen LogP contribution in [0.5, 0.6) is 5.75 Å². The molecule has 2 aliphatic heterocycles. The Morgan fingerprint density at radius 1 is 1.16 bits per heavy atom. The number of nitrogens with zero attached hydrogens (tertiary/aromatic N) is 3. The minimum Gasteiger partial charge on any atom is -0.507 e. The van der Waals surface area contributed by atoms with Crippen LogP contribution in [0, 0.1) is 0 Å². The number of para-hydroxylation sites is 1. The fourth-order valence-electron chi connectivity index (χ4n) is 3.63. The maximum atomic E-state index is 12.5. The van der Waals surface area contributed by atoms with Crippen LogP contribution in [-0.2, 0) is 9.53 Å². The molecule has 10 heteroatoms. The topological polar surface area (TPSA) is 106 Å². The second kappa shape index (κ2) is 12.7. The molecule has 0 bridgehead atoms. The highest BCUT2D eigenvalue weighted by Crippen LogP contribution is 2.16. The molecule has 172 valence electrons. The first kappa shape index (κ1) is 25.2. The monoisotopic (exact) mass is 545 g/mol. The number of benzene rings is 1. The zero-order chi connectivity index (χ0) is 21.3. The average Bonchev–Trinajstić information content (AvgIpc) is 3.30. The molecule has 0 saturated carbocycles. The molecular formula is C21H32IN5O4. The van der Waals surface area contributed by atoms with Crippen molar-refractivity contribution in [1.82, 2.24) is 20.4 Å². The predicted molar refractivity (Wildman–Crippen MR) is 129 cm³/mol. The molecule has 2 amide bonds. The minimum atomic E-state index is -0.324. The van der Waals surface area contributed by atoms with Gasteiger partial charge in [-0.1, -0.05) is 12.1 Å². The first-order valence-corrected chi connectivity index (χ1v) is 10.6. The van der Waals surface area contributed by atoms with Gasteiger partial charge >= 0.3 is 0 Å². The summed E-state index contributed by atoms with van der Waals surface area (Å²) in [5.41, 5.74) is 0.250. The number of rotatable bonds is 6. The van der Waals surface area contributed by atoms with E-state index in [1.165, 1.54) is 6.07 Å². The Bertz CT molecular complexity index is 762. The van der Waals surface area contributed by atoms with E-state index in [4.69, 9.17) is 4.74 Å². The summed E-state index contributed by atoms with van der Waals surface area (Å²) in [6.07, 6.45) is 1.50. The number of carbonyl (C=O) groups excluding carboxylic acids is 2. The Morgan fingerprint density at radius 3 is 2.52 bits per heavy atom. The summed E-state index contributed by atoms with van der Waals surface area (Å²) in [4.78, 5) is 33.3. The predicted octanol–water partition coefficient (Wildman–Crippen LogP) is 1.03. The zero-order valence-corrected chi connectivity index (χ0v) is 20.2. The SMILES string of the molecule is CCNC(=NCCNC(=O)c1ccccc1O)N1CCN(C(=O)C2CCCO2)CC1.I. The number of nitrogens with one attached hydrogen (secondary N) is 2. The number of hydrogen-bond donors (Lipinski definition) is 3. The van der Waals surface area contributed by atoms with E-state index in [9.17, 15) is 14.7 Å². The summed E-state index contributed by atoms with van der Waals surface area (Å²) in [6.45, 7) is 6.89. The van der Waals surface area contributed by atoms with E-state index in [-0.39, 0.29) is 53.2 Å². The van der Waals surface area contributed by atoms with Crippen molar-refractivity contribution >= 4 is 41.8 Å². The number of aromatic hydroxyl groups is 1. The van der Waals surface area contributed by atoms with E-state index in [0.717, 1.165) is 25.3 Å². The smallest absolute Gasteiger partial charge is 0.255 e. The number of piperazine rings is 1. The Hall–Kier alpha value is -2.08. The molecule has 1 unspecified atom stereocenters. The van der Waals surface area contributed by atoms with Crippen molar-refractivity contribution in [3.8, 4) is 5.75 Å². The van der Waals surface area contributed by atoms with E-state index < -0.39 is 0 Å². The number of guanidine groups is 1. The lowest BCUT2D eigenvalue weighted by Crippen LogP contribution is -2.55. The van der Waals surface area contributed by atoms with Gasteiger partial charge in [0.1, 0.15) is 11.9 Å². The van der Waals surface area contributed by atoms with Gasteiger partial charge in [-0.2, -0.15) is 0 Å². The first-order valence-electron chi connectivity index (χ1n) is 10.6. The third-order valence-corrected chi connectivity index (χ3v) is 5.24. The van der Waals surface area contributed by atoms with Crippen LogP contribution in [0.15, 0.2) is 29.3 Å². The number of phenols is 1. The number of halogens is 1. The molecule has 2 heterocycles. The largest absolute Gasteiger partial charge is 0.507 e. The third kappa shape index (κ3) is 6.96. The van der Waals surface area contributed by atoms with Gasteiger partial charge in [0.2, 0.25) is 0 Å². The standard InChI is InChI=1S/C21H31N5O4.HI/c1-2-22-21(24-10-9-23-19(28)16-6-3-4-7-17(16)27)26-13-11-25(12-14-26)20(29)18-8-5-15-30-18;/h3-4,6-7,18,27H,2,5,8-15H2,1H3,(H,22,24)(H,23,28);1H. The highest BCUT2D eigenvalue weighted by atomic mass is 127. The van der Waals surface area contributed by atoms with Crippen molar-refractivity contribution in [1.29, 1.82) is 0 Å². The molecule has 0 aliphatic carbocycles. The lowest BCUT2D eigenvalue weighted by Gasteiger charge is -2.37. The summed E-state index contributed by atoms with van der Waals surface area (Å²) in [5.74, 6) is 0.510. The molecule has 1 aromatic carbocycles. The summed E-state index contributed by atoms with van der Waals surface area (Å²) in [7, 11) is 0. The molecule has 9 nitrogen and oxygen atoms in total. The van der Waals surface area contributed by atoms with E-state index in [2.05, 4.69) is 20.5 Å². The van der Waals surface area contributed by atoms with Crippen LogP contribution in [-0.4, -0.2) is 91.2 Å². The maximum Gasteiger partial charge on any atom is 0.255 e. The van der Waals surface area contributed by atoms with Gasteiger partial charge in [-0.3, -0.25) is 14.6 Å². The van der Waals surface area contributed by atoms with Gasteiger partial charge in [0.05, 0.1) is 12.1 Å². The van der Waals surface area contributed by atoms with E-state index in [0.29, 0.717) is 45.9 Å². The van der Waals surface area contributed by atoms with Crippen LogP contribution >= 0.6 is 24.0 Å². The number of ether oxygens (including phenoxy) is 1. The summed E-state index contributed by atoms with van der Waals surface area (Å²) >= 11 is 0. The van der Waals surface area contributed by atoms with Crippen molar-refractivity contribution in [2.45, 2.75) is 25.9 Å².